The van der Waals surface area contributed by atoms with Crippen molar-refractivity contribution in [2.45, 2.75) is 18.8 Å². The number of aromatic nitrogens is 4. The van der Waals surface area contributed by atoms with Crippen LogP contribution >= 0.6 is 0 Å². The van der Waals surface area contributed by atoms with Gasteiger partial charge in [-0.1, -0.05) is 0 Å². The molecule has 19 heavy (non-hydrogen) atoms. The van der Waals surface area contributed by atoms with Crippen molar-refractivity contribution in [3.8, 4) is 11.4 Å². The molecule has 0 aliphatic carbocycles. The number of aryl methyl sites for hydroxylation is 1. The van der Waals surface area contributed by atoms with Crippen LogP contribution in [0.3, 0.4) is 0 Å². The van der Waals surface area contributed by atoms with Crippen LogP contribution in [0.15, 0.2) is 18.6 Å². The summed E-state index contributed by atoms with van der Waals surface area (Å²) in [6.45, 7) is 2.05. The van der Waals surface area contributed by atoms with Crippen LogP contribution in [0.1, 0.15) is 24.5 Å². The zero-order valence-electron chi connectivity index (χ0n) is 11.0. The van der Waals surface area contributed by atoms with Crippen molar-refractivity contribution in [2.24, 2.45) is 7.05 Å². The lowest BCUT2D eigenvalue weighted by Crippen LogP contribution is -2.29. The number of nitrogens with zero attached hydrogens (tertiary/aromatic N) is 4. The average Bonchev–Trinajstić information content (AvgIpc) is 2.85. The molecule has 1 unspecified atom stereocenters. The molecule has 3 heterocycles. The van der Waals surface area contributed by atoms with Gasteiger partial charge in [-0.25, -0.2) is 15.0 Å². The van der Waals surface area contributed by atoms with Crippen LogP contribution < -0.4 is 11.1 Å². The summed E-state index contributed by atoms with van der Waals surface area (Å²) < 4.78 is 1.94. The molecule has 1 fully saturated rings. The molecule has 0 bridgehead atoms. The molecule has 1 aliphatic heterocycles. The second-order valence-corrected chi connectivity index (χ2v) is 4.97. The van der Waals surface area contributed by atoms with E-state index in [2.05, 4.69) is 20.3 Å². The number of nitrogens with two attached hydrogens (primary N) is 1. The Balaban J connectivity index is 1.98. The van der Waals surface area contributed by atoms with E-state index in [4.69, 9.17) is 5.73 Å². The minimum absolute atomic E-state index is 0.333. The Hall–Kier alpha value is -1.95. The Bertz CT molecular complexity index is 570. The first-order valence-corrected chi connectivity index (χ1v) is 6.56. The zero-order valence-corrected chi connectivity index (χ0v) is 11.0. The summed E-state index contributed by atoms with van der Waals surface area (Å²) >= 11 is 0. The molecule has 6 nitrogen and oxygen atoms in total. The summed E-state index contributed by atoms with van der Waals surface area (Å²) in [4.78, 5) is 12.8. The van der Waals surface area contributed by atoms with E-state index >= 15 is 0 Å². The first-order valence-electron chi connectivity index (χ1n) is 6.56. The molecule has 0 aromatic carbocycles. The summed E-state index contributed by atoms with van der Waals surface area (Å²) in [5, 5.41) is 3.40. The second-order valence-electron chi connectivity index (χ2n) is 4.97. The minimum atomic E-state index is 0.333. The highest BCUT2D eigenvalue weighted by Gasteiger charge is 2.18. The molecule has 3 N–H and O–H groups in total. The average molecular weight is 258 g/mol. The van der Waals surface area contributed by atoms with E-state index in [0.717, 1.165) is 36.6 Å². The first kappa shape index (κ1) is 12.1. The Labute approximate surface area is 112 Å². The maximum Gasteiger partial charge on any atom is 0.220 e. The summed E-state index contributed by atoms with van der Waals surface area (Å²) in [6.07, 6.45) is 5.88. The third kappa shape index (κ3) is 2.44. The number of nitrogen functional groups attached to an aromatic ring is 1. The highest BCUT2D eigenvalue weighted by molar-refractivity contribution is 5.56. The molecule has 1 aliphatic rings. The molecule has 0 saturated carbocycles. The van der Waals surface area contributed by atoms with Gasteiger partial charge in [0.05, 0.1) is 29.6 Å². The summed E-state index contributed by atoms with van der Waals surface area (Å²) in [5.74, 6) is 0.755. The van der Waals surface area contributed by atoms with E-state index in [0.29, 0.717) is 11.9 Å². The molecule has 2 aromatic rings. The fourth-order valence-corrected chi connectivity index (χ4v) is 2.53. The van der Waals surface area contributed by atoms with Crippen molar-refractivity contribution in [3.63, 3.8) is 0 Å². The molecule has 6 heteroatoms. The summed E-state index contributed by atoms with van der Waals surface area (Å²) in [6, 6.07) is 2.03. The van der Waals surface area contributed by atoms with Crippen LogP contribution in [-0.2, 0) is 7.05 Å². The number of imidazole rings is 1. The van der Waals surface area contributed by atoms with Gasteiger partial charge in [-0.2, -0.15) is 0 Å². The van der Waals surface area contributed by atoms with Crippen LogP contribution in [0.2, 0.25) is 0 Å². The minimum Gasteiger partial charge on any atom is -0.368 e. The van der Waals surface area contributed by atoms with Gasteiger partial charge in [0.15, 0.2) is 0 Å². The number of anilines is 1. The predicted octanol–water partition coefficient (Wildman–Crippen LogP) is 0.926. The fraction of sp³-hybridized carbons (Fsp3) is 0.462. The number of rotatable bonds is 2. The number of hydrogen-bond acceptors (Lipinski definition) is 5. The molecule has 0 spiro atoms. The van der Waals surface area contributed by atoms with Gasteiger partial charge in [-0.15, -0.1) is 0 Å². The van der Waals surface area contributed by atoms with E-state index in [1.807, 2.05) is 17.7 Å². The zero-order chi connectivity index (χ0) is 13.2. The van der Waals surface area contributed by atoms with Crippen molar-refractivity contribution < 1.29 is 0 Å². The van der Waals surface area contributed by atoms with Gasteiger partial charge in [-0.05, 0) is 25.5 Å². The van der Waals surface area contributed by atoms with E-state index in [-0.39, 0.29) is 0 Å². The van der Waals surface area contributed by atoms with Crippen LogP contribution in [0.4, 0.5) is 5.95 Å². The van der Waals surface area contributed by atoms with Crippen molar-refractivity contribution in [1.82, 2.24) is 24.8 Å². The van der Waals surface area contributed by atoms with Gasteiger partial charge in [0.1, 0.15) is 0 Å². The van der Waals surface area contributed by atoms with Crippen LogP contribution in [-0.4, -0.2) is 32.6 Å². The molecule has 0 amide bonds. The summed E-state index contributed by atoms with van der Waals surface area (Å²) in [5.41, 5.74) is 8.67. The largest absolute Gasteiger partial charge is 0.368 e. The van der Waals surface area contributed by atoms with E-state index in [1.54, 1.807) is 12.5 Å². The van der Waals surface area contributed by atoms with Crippen LogP contribution in [0, 0.1) is 0 Å². The second kappa shape index (κ2) is 4.97. The van der Waals surface area contributed by atoms with Gasteiger partial charge in [-0.3, -0.25) is 0 Å². The highest BCUT2D eigenvalue weighted by atomic mass is 15.1. The standard InChI is InChI=1S/C13H18N6/c1-19-8-16-7-12(19)11-5-10(17-13(14)18-11)9-3-2-4-15-6-9/h5,7-9,15H,2-4,6H2,1H3,(H2,14,17,18). The normalized spacial score (nSPS) is 19.5. The first-order chi connectivity index (χ1) is 9.24. The fourth-order valence-electron chi connectivity index (χ4n) is 2.53. The molecular weight excluding hydrogens is 240 g/mol. The highest BCUT2D eigenvalue weighted by Crippen LogP contribution is 2.25. The van der Waals surface area contributed by atoms with E-state index < -0.39 is 0 Å². The molecule has 1 saturated heterocycles. The maximum atomic E-state index is 5.85. The molecule has 3 rings (SSSR count). The molecule has 100 valence electrons. The lowest BCUT2D eigenvalue weighted by Gasteiger charge is -2.22. The smallest absolute Gasteiger partial charge is 0.220 e. The van der Waals surface area contributed by atoms with Gasteiger partial charge in [0.2, 0.25) is 5.95 Å². The molecule has 2 aromatic heterocycles. The third-order valence-corrected chi connectivity index (χ3v) is 3.56. The lowest BCUT2D eigenvalue weighted by molar-refractivity contribution is 0.454. The lowest BCUT2D eigenvalue weighted by atomic mass is 9.95. The maximum absolute atomic E-state index is 5.85. The van der Waals surface area contributed by atoms with Crippen LogP contribution in [0.5, 0.6) is 0 Å². The Morgan fingerprint density at radius 1 is 1.42 bits per heavy atom. The Morgan fingerprint density at radius 2 is 2.32 bits per heavy atom. The van der Waals surface area contributed by atoms with Gasteiger partial charge < -0.3 is 15.6 Å². The van der Waals surface area contributed by atoms with E-state index in [1.165, 1.54) is 6.42 Å². The van der Waals surface area contributed by atoms with Crippen molar-refractivity contribution in [2.75, 3.05) is 18.8 Å². The van der Waals surface area contributed by atoms with E-state index in [9.17, 15) is 0 Å². The Kier molecular flexibility index (Phi) is 3.16. The monoisotopic (exact) mass is 258 g/mol. The quantitative estimate of drug-likeness (QED) is 0.837. The van der Waals surface area contributed by atoms with Crippen LogP contribution in [0.25, 0.3) is 11.4 Å². The van der Waals surface area contributed by atoms with Gasteiger partial charge >= 0.3 is 0 Å². The van der Waals surface area contributed by atoms with Gasteiger partial charge in [0.25, 0.3) is 0 Å². The number of hydrogen-bond donors (Lipinski definition) is 2. The van der Waals surface area contributed by atoms with Crippen molar-refractivity contribution in [3.05, 3.63) is 24.3 Å². The summed E-state index contributed by atoms with van der Waals surface area (Å²) in [7, 11) is 1.95. The Morgan fingerprint density at radius 3 is 3.00 bits per heavy atom. The molecular formula is C13H18N6. The third-order valence-electron chi connectivity index (χ3n) is 3.56. The number of nitrogens with one attached hydrogen (secondary N) is 1. The molecule has 1 atom stereocenters. The van der Waals surface area contributed by atoms with Crippen molar-refractivity contribution >= 4 is 5.95 Å². The molecule has 0 radical (unpaired) electrons. The SMILES string of the molecule is Cn1cncc1-c1cc(C2CCCNC2)nc(N)n1. The topological polar surface area (TPSA) is 81.7 Å². The predicted molar refractivity (Wildman–Crippen MR) is 73.5 cm³/mol. The van der Waals surface area contributed by atoms with Crippen molar-refractivity contribution in [1.29, 1.82) is 0 Å². The number of piperidine rings is 1. The van der Waals surface area contributed by atoms with Gasteiger partial charge in [0, 0.05) is 19.5 Å².